The van der Waals surface area contributed by atoms with Crippen LogP contribution in [0.1, 0.15) is 102 Å². The van der Waals surface area contributed by atoms with Gasteiger partial charge in [-0.1, -0.05) is 96.1 Å². The summed E-state index contributed by atoms with van der Waals surface area (Å²) < 4.78 is 0. The molecule has 1 aromatic carbocycles. The molecule has 0 aromatic heterocycles. The molecule has 0 bridgehead atoms. The maximum atomic E-state index is 11.8. The van der Waals surface area contributed by atoms with E-state index in [0.717, 1.165) is 12.8 Å². The second-order valence-electron chi connectivity index (χ2n) is 7.60. The van der Waals surface area contributed by atoms with Gasteiger partial charge in [0.25, 0.3) is 5.69 Å². The maximum absolute atomic E-state index is 11.8. The molecule has 162 valence electrons. The van der Waals surface area contributed by atoms with Crippen LogP contribution in [0, 0.1) is 10.1 Å². The van der Waals surface area contributed by atoms with Gasteiger partial charge in [-0.15, -0.1) is 0 Å². The van der Waals surface area contributed by atoms with Gasteiger partial charge in [-0.3, -0.25) is 14.9 Å². The Morgan fingerprint density at radius 2 is 1.45 bits per heavy atom. The van der Waals surface area contributed by atoms with Crippen LogP contribution < -0.4 is 5.43 Å². The summed E-state index contributed by atoms with van der Waals surface area (Å²) in [6, 6.07) is 6.31. The first-order chi connectivity index (χ1) is 14.1. The molecular formula is C23H37N3O3. The number of benzene rings is 1. The lowest BCUT2D eigenvalue weighted by Crippen LogP contribution is -2.17. The Balaban J connectivity index is 1.99. The third-order valence-corrected chi connectivity index (χ3v) is 5.03. The molecule has 6 nitrogen and oxygen atoms in total. The Morgan fingerprint density at radius 3 is 2.00 bits per heavy atom. The number of nitrogens with zero attached hydrogens (tertiary/aromatic N) is 2. The van der Waals surface area contributed by atoms with Crippen LogP contribution in [0.3, 0.4) is 0 Å². The van der Waals surface area contributed by atoms with Crippen LogP contribution >= 0.6 is 0 Å². The number of nitro benzene ring substituents is 1. The van der Waals surface area contributed by atoms with Crippen LogP contribution in [0.5, 0.6) is 0 Å². The molecule has 0 aliphatic rings. The second-order valence-corrected chi connectivity index (χ2v) is 7.60. The number of para-hydroxylation sites is 1. The fourth-order valence-electron chi connectivity index (χ4n) is 3.30. The lowest BCUT2D eigenvalue weighted by Gasteiger charge is -2.03. The van der Waals surface area contributed by atoms with Crippen molar-refractivity contribution in [3.05, 3.63) is 39.9 Å². The molecule has 0 saturated carbocycles. The van der Waals surface area contributed by atoms with Gasteiger partial charge in [0.15, 0.2) is 0 Å². The number of rotatable bonds is 17. The summed E-state index contributed by atoms with van der Waals surface area (Å²) in [7, 11) is 0. The smallest absolute Gasteiger partial charge is 0.273 e. The third kappa shape index (κ3) is 12.8. The van der Waals surface area contributed by atoms with Crippen LogP contribution in [0.25, 0.3) is 0 Å². The minimum Gasteiger partial charge on any atom is -0.273 e. The van der Waals surface area contributed by atoms with Gasteiger partial charge in [0.05, 0.1) is 16.7 Å². The number of hydrogen-bond acceptors (Lipinski definition) is 4. The zero-order valence-corrected chi connectivity index (χ0v) is 17.9. The molecule has 0 fully saturated rings. The molecule has 1 rings (SSSR count). The predicted molar refractivity (Wildman–Crippen MR) is 119 cm³/mol. The zero-order chi connectivity index (χ0) is 21.2. The average Bonchev–Trinajstić information content (AvgIpc) is 2.71. The first-order valence-corrected chi connectivity index (χ1v) is 11.2. The molecule has 6 heteroatoms. The summed E-state index contributed by atoms with van der Waals surface area (Å²) >= 11 is 0. The van der Waals surface area contributed by atoms with Crippen molar-refractivity contribution < 1.29 is 9.72 Å². The van der Waals surface area contributed by atoms with E-state index in [9.17, 15) is 14.9 Å². The fraction of sp³-hybridized carbons (Fsp3) is 0.652. The molecule has 0 radical (unpaired) electrons. The normalized spacial score (nSPS) is 11.1. The molecule has 1 N–H and O–H groups in total. The Morgan fingerprint density at radius 1 is 0.931 bits per heavy atom. The van der Waals surface area contributed by atoms with Crippen molar-refractivity contribution in [2.75, 3.05) is 0 Å². The first kappa shape index (κ1) is 24.8. The number of hydrogen-bond donors (Lipinski definition) is 1. The molecule has 1 amide bonds. The molecule has 0 aliphatic heterocycles. The van der Waals surface area contributed by atoms with Crippen LogP contribution in [0.4, 0.5) is 5.69 Å². The van der Waals surface area contributed by atoms with Crippen LogP contribution in [-0.2, 0) is 4.79 Å². The highest BCUT2D eigenvalue weighted by molar-refractivity contribution is 5.86. The van der Waals surface area contributed by atoms with Gasteiger partial charge in [0.2, 0.25) is 5.91 Å². The summed E-state index contributed by atoms with van der Waals surface area (Å²) in [5.74, 6) is -0.150. The lowest BCUT2D eigenvalue weighted by atomic mass is 10.0. The van der Waals surface area contributed by atoms with Gasteiger partial charge in [-0.2, -0.15) is 5.10 Å². The number of nitrogens with one attached hydrogen (secondary N) is 1. The largest absolute Gasteiger partial charge is 0.278 e. The van der Waals surface area contributed by atoms with E-state index in [1.54, 1.807) is 18.2 Å². The molecule has 29 heavy (non-hydrogen) atoms. The summed E-state index contributed by atoms with van der Waals surface area (Å²) in [6.45, 7) is 2.25. The van der Waals surface area contributed by atoms with Crippen molar-refractivity contribution in [3.8, 4) is 0 Å². The summed E-state index contributed by atoms with van der Waals surface area (Å²) in [4.78, 5) is 22.3. The van der Waals surface area contributed by atoms with Gasteiger partial charge in [-0.25, -0.2) is 5.43 Å². The molecule has 0 heterocycles. The lowest BCUT2D eigenvalue weighted by molar-refractivity contribution is -0.385. The highest BCUT2D eigenvalue weighted by Crippen LogP contribution is 2.15. The number of unbranched alkanes of at least 4 members (excludes halogenated alkanes) is 12. The van der Waals surface area contributed by atoms with Crippen molar-refractivity contribution in [3.63, 3.8) is 0 Å². The molecular weight excluding hydrogens is 366 g/mol. The van der Waals surface area contributed by atoms with Crippen molar-refractivity contribution in [2.45, 2.75) is 96.8 Å². The SMILES string of the molecule is CCCCCCCCCCCCCCCC(=O)NN=Cc1ccccc1[N+](=O)[O-]. The minimum atomic E-state index is -0.462. The van der Waals surface area contributed by atoms with Gasteiger partial charge < -0.3 is 0 Å². The number of carbonyl (C=O) groups excluding carboxylic acids is 1. The molecule has 0 unspecified atom stereocenters. The molecule has 0 atom stereocenters. The van der Waals surface area contributed by atoms with E-state index in [-0.39, 0.29) is 11.6 Å². The van der Waals surface area contributed by atoms with Gasteiger partial charge in [0.1, 0.15) is 0 Å². The predicted octanol–water partition coefficient (Wildman–Crippen LogP) is 6.53. The molecule has 0 aliphatic carbocycles. The number of carbonyl (C=O) groups is 1. The van der Waals surface area contributed by atoms with E-state index in [1.165, 1.54) is 82.9 Å². The van der Waals surface area contributed by atoms with Crippen LogP contribution in [0.15, 0.2) is 29.4 Å². The Kier molecular flexibility index (Phi) is 14.3. The Hall–Kier alpha value is -2.24. The molecule has 0 spiro atoms. The Bertz CT molecular complexity index is 617. The van der Waals surface area contributed by atoms with E-state index in [0.29, 0.717) is 12.0 Å². The summed E-state index contributed by atoms with van der Waals surface area (Å²) in [5.41, 5.74) is 2.80. The number of nitro groups is 1. The van der Waals surface area contributed by atoms with Gasteiger partial charge >= 0.3 is 0 Å². The van der Waals surface area contributed by atoms with Crippen molar-refractivity contribution in [2.24, 2.45) is 5.10 Å². The minimum absolute atomic E-state index is 0.0259. The van der Waals surface area contributed by atoms with Crippen molar-refractivity contribution >= 4 is 17.8 Å². The Labute approximate surface area is 175 Å². The topological polar surface area (TPSA) is 84.6 Å². The van der Waals surface area contributed by atoms with E-state index in [4.69, 9.17) is 0 Å². The van der Waals surface area contributed by atoms with Crippen LogP contribution in [0.2, 0.25) is 0 Å². The number of amides is 1. The van der Waals surface area contributed by atoms with E-state index in [2.05, 4.69) is 17.5 Å². The van der Waals surface area contributed by atoms with Crippen molar-refractivity contribution in [1.29, 1.82) is 0 Å². The second kappa shape index (κ2) is 16.7. The third-order valence-electron chi connectivity index (χ3n) is 5.03. The highest BCUT2D eigenvalue weighted by atomic mass is 16.6. The van der Waals surface area contributed by atoms with Gasteiger partial charge in [-0.05, 0) is 12.5 Å². The monoisotopic (exact) mass is 403 g/mol. The quantitative estimate of drug-likeness (QED) is 0.139. The maximum Gasteiger partial charge on any atom is 0.278 e. The van der Waals surface area contributed by atoms with E-state index in [1.807, 2.05) is 0 Å². The van der Waals surface area contributed by atoms with Crippen LogP contribution in [-0.4, -0.2) is 17.0 Å². The number of hydrazone groups is 1. The molecule has 1 aromatic rings. The summed E-state index contributed by atoms with van der Waals surface area (Å²) in [5, 5.41) is 14.8. The standard InChI is InChI=1S/C23H37N3O3/c1-2-3-4-5-6-7-8-9-10-11-12-13-14-19-23(27)25-24-20-21-17-15-16-18-22(21)26(28)29/h15-18,20H,2-14,19H2,1H3,(H,25,27). The molecule has 0 saturated heterocycles. The fourth-order valence-corrected chi connectivity index (χ4v) is 3.30. The van der Waals surface area contributed by atoms with E-state index >= 15 is 0 Å². The zero-order valence-electron chi connectivity index (χ0n) is 17.9. The summed E-state index contributed by atoms with van der Waals surface area (Å²) in [6.07, 6.45) is 18.3. The highest BCUT2D eigenvalue weighted by Gasteiger charge is 2.10. The van der Waals surface area contributed by atoms with Crippen molar-refractivity contribution in [1.82, 2.24) is 5.43 Å². The van der Waals surface area contributed by atoms with E-state index < -0.39 is 4.92 Å². The first-order valence-electron chi connectivity index (χ1n) is 11.2. The van der Waals surface area contributed by atoms with Gasteiger partial charge in [0, 0.05) is 12.5 Å². The average molecular weight is 404 g/mol.